The van der Waals surface area contributed by atoms with Gasteiger partial charge >= 0.3 is 11.9 Å². The third-order valence-electron chi connectivity index (χ3n) is 6.52. The number of nitrogens with zero attached hydrogens (tertiary/aromatic N) is 1. The van der Waals surface area contributed by atoms with Crippen LogP contribution in [0.4, 0.5) is 0 Å². The average Bonchev–Trinajstić information content (AvgIpc) is 2.79. The van der Waals surface area contributed by atoms with Crippen LogP contribution in [-0.4, -0.2) is 58.8 Å². The maximum Gasteiger partial charge on any atom is 0.309 e. The highest BCUT2D eigenvalue weighted by molar-refractivity contribution is 5.67. The molecule has 2 N–H and O–H groups in total. The Balaban J connectivity index is 4.17. The van der Waals surface area contributed by atoms with Gasteiger partial charge in [-0.3, -0.25) is 9.59 Å². The molecule has 0 atom stereocenters. The van der Waals surface area contributed by atoms with E-state index in [9.17, 15) is 19.5 Å². The maximum atomic E-state index is 11.1. The van der Waals surface area contributed by atoms with Crippen LogP contribution in [0.3, 0.4) is 0 Å². The first-order valence-electron chi connectivity index (χ1n) is 13.4. The highest BCUT2D eigenvalue weighted by Crippen LogP contribution is 2.15. The van der Waals surface area contributed by atoms with Gasteiger partial charge in [-0.15, -0.1) is 0 Å². The number of aliphatic carboxylic acids is 3. The molecule has 198 valence electrons. The van der Waals surface area contributed by atoms with Gasteiger partial charge in [0.2, 0.25) is 0 Å². The first-order chi connectivity index (χ1) is 16.3. The molecule has 0 aliphatic carbocycles. The highest BCUT2D eigenvalue weighted by Gasteiger charge is 2.27. The summed E-state index contributed by atoms with van der Waals surface area (Å²) in [6, 6.07) is 0. The molecule has 0 spiro atoms. The van der Waals surface area contributed by atoms with Crippen molar-refractivity contribution in [3.63, 3.8) is 0 Å². The van der Waals surface area contributed by atoms with Crippen LogP contribution >= 0.6 is 0 Å². The molecule has 0 radical (unpaired) electrons. The molecular formula is C27H49NO6. The summed E-state index contributed by atoms with van der Waals surface area (Å²) in [5.74, 6) is -3.14. The van der Waals surface area contributed by atoms with Crippen LogP contribution in [0.15, 0.2) is 12.2 Å². The molecule has 0 aromatic rings. The van der Waals surface area contributed by atoms with Crippen molar-refractivity contribution in [2.75, 3.05) is 26.2 Å². The van der Waals surface area contributed by atoms with Gasteiger partial charge in [0.1, 0.15) is 0 Å². The molecular weight excluding hydrogens is 434 g/mol. The maximum absolute atomic E-state index is 11.1. The van der Waals surface area contributed by atoms with Gasteiger partial charge in [0.25, 0.3) is 0 Å². The van der Waals surface area contributed by atoms with Gasteiger partial charge in [-0.25, -0.2) is 0 Å². The molecule has 0 bridgehead atoms. The second-order valence-corrected chi connectivity index (χ2v) is 9.61. The van der Waals surface area contributed by atoms with E-state index in [0.717, 1.165) is 12.8 Å². The zero-order chi connectivity index (χ0) is 25.5. The fraction of sp³-hybridized carbons (Fsp3) is 0.815. The molecule has 7 heteroatoms. The van der Waals surface area contributed by atoms with Gasteiger partial charge in [-0.05, 0) is 18.9 Å². The van der Waals surface area contributed by atoms with Gasteiger partial charge in [0.05, 0.1) is 39.0 Å². The molecule has 0 unspecified atom stereocenters. The minimum atomic E-state index is -1.20. The highest BCUT2D eigenvalue weighted by atomic mass is 16.4. The summed E-state index contributed by atoms with van der Waals surface area (Å²) in [6.07, 6.45) is 21.5. The van der Waals surface area contributed by atoms with E-state index >= 15 is 0 Å². The zero-order valence-electron chi connectivity index (χ0n) is 21.5. The smallest absolute Gasteiger partial charge is 0.309 e. The van der Waals surface area contributed by atoms with Crippen molar-refractivity contribution in [3.05, 3.63) is 12.2 Å². The lowest BCUT2D eigenvalue weighted by Gasteiger charge is -2.37. The molecule has 0 heterocycles. The summed E-state index contributed by atoms with van der Waals surface area (Å²) in [6.45, 7) is 3.27. The lowest BCUT2D eigenvalue weighted by Crippen LogP contribution is -2.52. The van der Waals surface area contributed by atoms with Crippen molar-refractivity contribution in [3.8, 4) is 0 Å². The van der Waals surface area contributed by atoms with Gasteiger partial charge in [0, 0.05) is 12.4 Å². The fourth-order valence-electron chi connectivity index (χ4n) is 4.30. The van der Waals surface area contributed by atoms with Crippen LogP contribution in [0.5, 0.6) is 0 Å². The predicted octanol–water partition coefficient (Wildman–Crippen LogP) is 4.93. The lowest BCUT2D eigenvalue weighted by molar-refractivity contribution is -0.921. The Labute approximate surface area is 206 Å². The van der Waals surface area contributed by atoms with E-state index in [2.05, 4.69) is 13.0 Å². The zero-order valence-corrected chi connectivity index (χ0v) is 21.5. The molecule has 0 saturated heterocycles. The number of hydrogen-bond donors (Lipinski definition) is 2. The minimum Gasteiger partial charge on any atom is -0.550 e. The molecule has 0 fully saturated rings. The van der Waals surface area contributed by atoms with E-state index in [4.69, 9.17) is 10.2 Å². The fourth-order valence-corrected chi connectivity index (χ4v) is 4.30. The van der Waals surface area contributed by atoms with Crippen LogP contribution in [0.1, 0.15) is 116 Å². The van der Waals surface area contributed by atoms with Crippen molar-refractivity contribution in [2.24, 2.45) is 0 Å². The van der Waals surface area contributed by atoms with Crippen LogP contribution in [0, 0.1) is 0 Å². The monoisotopic (exact) mass is 483 g/mol. The van der Waals surface area contributed by atoms with E-state index in [1.807, 2.05) is 6.08 Å². The van der Waals surface area contributed by atoms with Crippen molar-refractivity contribution < 1.29 is 34.2 Å². The summed E-state index contributed by atoms with van der Waals surface area (Å²) < 4.78 is 0.141. The number of carbonyl (C=O) groups excluding carboxylic acids is 1. The first kappa shape index (κ1) is 32.1. The van der Waals surface area contributed by atoms with Gasteiger partial charge < -0.3 is 24.6 Å². The Bertz CT molecular complexity index is 530. The van der Waals surface area contributed by atoms with Crippen LogP contribution in [0.2, 0.25) is 0 Å². The van der Waals surface area contributed by atoms with Crippen molar-refractivity contribution in [2.45, 2.75) is 116 Å². The quantitative estimate of drug-likeness (QED) is 0.108. The Morgan fingerprint density at radius 3 is 1.47 bits per heavy atom. The van der Waals surface area contributed by atoms with Crippen molar-refractivity contribution in [1.29, 1.82) is 0 Å². The summed E-state index contributed by atoms with van der Waals surface area (Å²) in [4.78, 5) is 33.1. The largest absolute Gasteiger partial charge is 0.550 e. The van der Waals surface area contributed by atoms with E-state index < -0.39 is 17.9 Å². The SMILES string of the molecule is CCCCCCCCCCCCCCC/C=C/C[N+](CCC(=O)[O-])(CCC(=O)O)CCC(=O)O. The molecule has 0 aliphatic heterocycles. The first-order valence-corrected chi connectivity index (χ1v) is 13.4. The molecule has 34 heavy (non-hydrogen) atoms. The van der Waals surface area contributed by atoms with E-state index in [1.54, 1.807) is 0 Å². The van der Waals surface area contributed by atoms with Crippen molar-refractivity contribution in [1.82, 2.24) is 0 Å². The molecule has 0 aromatic carbocycles. The van der Waals surface area contributed by atoms with Crippen LogP contribution < -0.4 is 5.11 Å². The summed E-state index contributed by atoms with van der Waals surface area (Å²) in [7, 11) is 0. The number of carboxylic acid groups (broad SMARTS) is 3. The number of hydrogen-bond acceptors (Lipinski definition) is 4. The summed E-state index contributed by atoms with van der Waals surface area (Å²) in [5.41, 5.74) is 0. The van der Waals surface area contributed by atoms with E-state index in [-0.39, 0.29) is 43.4 Å². The average molecular weight is 484 g/mol. The Kier molecular flexibility index (Phi) is 20.4. The second kappa shape index (κ2) is 21.6. The van der Waals surface area contributed by atoms with Crippen LogP contribution in [0.25, 0.3) is 0 Å². The third-order valence-corrected chi connectivity index (χ3v) is 6.52. The summed E-state index contributed by atoms with van der Waals surface area (Å²) in [5, 5.41) is 29.1. The van der Waals surface area contributed by atoms with Crippen molar-refractivity contribution >= 4 is 17.9 Å². The number of carbonyl (C=O) groups is 3. The second-order valence-electron chi connectivity index (χ2n) is 9.61. The molecule has 0 rings (SSSR count). The Morgan fingerprint density at radius 1 is 0.647 bits per heavy atom. The lowest BCUT2D eigenvalue weighted by atomic mass is 10.0. The number of allylic oxidation sites excluding steroid dienone is 1. The normalized spacial score (nSPS) is 11.8. The Morgan fingerprint density at radius 2 is 1.06 bits per heavy atom. The molecule has 7 nitrogen and oxygen atoms in total. The molecule has 0 aliphatic rings. The summed E-state index contributed by atoms with van der Waals surface area (Å²) >= 11 is 0. The topological polar surface area (TPSA) is 115 Å². The van der Waals surface area contributed by atoms with Gasteiger partial charge in [-0.1, -0.05) is 90.0 Å². The van der Waals surface area contributed by atoms with Gasteiger partial charge in [-0.2, -0.15) is 0 Å². The number of unbranched alkanes of at least 4 members (excludes halogenated alkanes) is 13. The number of quaternary nitrogens is 1. The Hall–Kier alpha value is -1.89. The van der Waals surface area contributed by atoms with Gasteiger partial charge in [0.15, 0.2) is 0 Å². The minimum absolute atomic E-state index is 0.126. The molecule has 0 saturated carbocycles. The van der Waals surface area contributed by atoms with Crippen LogP contribution in [-0.2, 0) is 14.4 Å². The molecule has 0 amide bonds. The predicted molar refractivity (Wildman–Crippen MR) is 133 cm³/mol. The standard InChI is InChI=1S/C27H49NO6/c1-2-3-4-5-6-7-8-9-10-11-12-13-14-15-16-17-21-28(22-18-25(29)30,23-19-26(31)32)24-20-27(33)34/h16-17H,2-15,18-24H2,1H3,(H2-,29,30,31,32,33,34)/b17-16+. The van der Waals surface area contributed by atoms with E-state index in [0.29, 0.717) is 6.54 Å². The van der Waals surface area contributed by atoms with E-state index in [1.165, 1.54) is 77.0 Å². The third kappa shape index (κ3) is 20.7. The molecule has 0 aromatic heterocycles. The number of rotatable bonds is 25. The number of carboxylic acids is 3.